The first kappa shape index (κ1) is 10.4. The molecule has 0 aliphatic carbocycles. The monoisotopic (exact) mass is 216 g/mol. The number of carboxylic acids is 1. The molecule has 2 rings (SSSR count). The minimum atomic E-state index is -1.17. The number of benzene rings is 1. The summed E-state index contributed by atoms with van der Waals surface area (Å²) in [5.41, 5.74) is 1.95. The van der Waals surface area contributed by atoms with Crippen molar-refractivity contribution < 1.29 is 14.6 Å². The topological polar surface area (TPSA) is 48.9 Å². The van der Waals surface area contributed by atoms with E-state index in [1.165, 1.54) is 0 Å². The second-order valence-electron chi connectivity index (χ2n) is 3.63. The highest BCUT2D eigenvalue weighted by atomic mass is 16.4. The van der Waals surface area contributed by atoms with Gasteiger partial charge in [-0.1, -0.05) is 18.2 Å². The van der Waals surface area contributed by atoms with Crippen molar-refractivity contribution in [3.8, 4) is 5.69 Å². The lowest BCUT2D eigenvalue weighted by Crippen LogP contribution is -2.46. The molecule has 0 aliphatic heterocycles. The summed E-state index contributed by atoms with van der Waals surface area (Å²) in [5.74, 6) is -1.17. The van der Waals surface area contributed by atoms with Crippen LogP contribution in [0, 0.1) is 6.92 Å². The van der Waals surface area contributed by atoms with Gasteiger partial charge in [0.2, 0.25) is 0 Å². The Morgan fingerprint density at radius 1 is 1.31 bits per heavy atom. The molecule has 16 heavy (non-hydrogen) atoms. The largest absolute Gasteiger partial charge is 0.539 e. The molecule has 82 valence electrons. The highest BCUT2D eigenvalue weighted by Crippen LogP contribution is 2.09. The van der Waals surface area contributed by atoms with Crippen LogP contribution in [0.2, 0.25) is 0 Å². The maximum Gasteiger partial charge on any atom is 0.254 e. The summed E-state index contributed by atoms with van der Waals surface area (Å²) in [6.45, 7) is 1.86. The lowest BCUT2D eigenvalue weighted by atomic mass is 10.3. The van der Waals surface area contributed by atoms with Crippen LogP contribution in [-0.4, -0.2) is 10.7 Å². The second kappa shape index (κ2) is 3.81. The minimum Gasteiger partial charge on any atom is -0.539 e. The van der Waals surface area contributed by atoms with Gasteiger partial charge in [-0.25, -0.2) is 0 Å². The number of aromatic nitrogens is 2. The zero-order valence-corrected chi connectivity index (χ0v) is 9.18. The van der Waals surface area contributed by atoms with E-state index in [-0.39, 0.29) is 5.69 Å². The molecule has 4 heteroatoms. The summed E-state index contributed by atoms with van der Waals surface area (Å²) in [7, 11) is 1.70. The van der Waals surface area contributed by atoms with Crippen molar-refractivity contribution in [3.05, 3.63) is 47.8 Å². The summed E-state index contributed by atoms with van der Waals surface area (Å²) >= 11 is 0. The molecule has 1 aromatic heterocycles. The van der Waals surface area contributed by atoms with E-state index in [1.54, 1.807) is 17.8 Å². The van der Waals surface area contributed by atoms with Crippen molar-refractivity contribution in [2.24, 2.45) is 7.05 Å². The SMILES string of the molecule is Cc1cc(C(=O)[O-])[n+](C)n1-c1ccccc1. The maximum atomic E-state index is 10.9. The van der Waals surface area contributed by atoms with Gasteiger partial charge in [0.15, 0.2) is 7.05 Å². The zero-order chi connectivity index (χ0) is 11.7. The fourth-order valence-electron chi connectivity index (χ4n) is 1.83. The summed E-state index contributed by atoms with van der Waals surface area (Å²) in [5, 5.41) is 10.9. The van der Waals surface area contributed by atoms with E-state index in [9.17, 15) is 9.90 Å². The number of aromatic carboxylic acids is 1. The standard InChI is InChI=1S/C12H12N2O2/c1-9-8-11(12(15)16)13(2)14(9)10-6-4-3-5-7-10/h3-8H,1-2H3. The van der Waals surface area contributed by atoms with Gasteiger partial charge in [-0.05, 0) is 19.1 Å². The molecule has 0 radical (unpaired) electrons. The third-order valence-electron chi connectivity index (χ3n) is 2.54. The summed E-state index contributed by atoms with van der Waals surface area (Å²) in [6.07, 6.45) is 0. The number of carbonyl (C=O) groups excluding carboxylic acids is 1. The lowest BCUT2D eigenvalue weighted by Gasteiger charge is -2.02. The lowest BCUT2D eigenvalue weighted by molar-refractivity contribution is -0.748. The number of carboxylic acid groups (broad SMARTS) is 1. The molecule has 0 unspecified atom stereocenters. The molecule has 0 saturated carbocycles. The average molecular weight is 216 g/mol. The third-order valence-corrected chi connectivity index (χ3v) is 2.54. The van der Waals surface area contributed by atoms with Gasteiger partial charge in [-0.3, -0.25) is 0 Å². The van der Waals surface area contributed by atoms with Gasteiger partial charge >= 0.3 is 0 Å². The summed E-state index contributed by atoms with van der Waals surface area (Å²) in [4.78, 5) is 10.9. The molecule has 0 atom stereocenters. The number of para-hydroxylation sites is 1. The fraction of sp³-hybridized carbons (Fsp3) is 0.167. The maximum absolute atomic E-state index is 10.9. The highest BCUT2D eigenvalue weighted by molar-refractivity contribution is 5.81. The Balaban J connectivity index is 2.63. The van der Waals surface area contributed by atoms with E-state index >= 15 is 0 Å². The van der Waals surface area contributed by atoms with E-state index in [0.717, 1.165) is 11.4 Å². The van der Waals surface area contributed by atoms with Gasteiger partial charge in [-0.15, -0.1) is 9.36 Å². The van der Waals surface area contributed by atoms with Crippen LogP contribution in [0.1, 0.15) is 16.2 Å². The van der Waals surface area contributed by atoms with Crippen LogP contribution in [0.3, 0.4) is 0 Å². The van der Waals surface area contributed by atoms with Gasteiger partial charge in [0.25, 0.3) is 5.69 Å². The molecule has 1 heterocycles. The Morgan fingerprint density at radius 3 is 2.44 bits per heavy atom. The van der Waals surface area contributed by atoms with Crippen LogP contribution >= 0.6 is 0 Å². The molecule has 0 saturated heterocycles. The molecule has 4 nitrogen and oxygen atoms in total. The fourth-order valence-corrected chi connectivity index (χ4v) is 1.83. The Morgan fingerprint density at radius 2 is 1.94 bits per heavy atom. The van der Waals surface area contributed by atoms with E-state index in [4.69, 9.17) is 0 Å². The Labute approximate surface area is 93.4 Å². The Kier molecular flexibility index (Phi) is 2.48. The van der Waals surface area contributed by atoms with Crippen LogP contribution in [0.4, 0.5) is 0 Å². The first-order valence-corrected chi connectivity index (χ1v) is 4.96. The predicted octanol–water partition coefficient (Wildman–Crippen LogP) is -0.0263. The van der Waals surface area contributed by atoms with Gasteiger partial charge in [0, 0.05) is 6.07 Å². The average Bonchev–Trinajstić information content (AvgIpc) is 2.56. The minimum absolute atomic E-state index is 0.168. The predicted molar refractivity (Wildman–Crippen MR) is 56.0 cm³/mol. The number of carbonyl (C=O) groups is 1. The van der Waals surface area contributed by atoms with Crippen LogP contribution in [0.15, 0.2) is 36.4 Å². The van der Waals surface area contributed by atoms with Crippen molar-refractivity contribution in [1.29, 1.82) is 0 Å². The van der Waals surface area contributed by atoms with Crippen LogP contribution in [0.5, 0.6) is 0 Å². The van der Waals surface area contributed by atoms with Gasteiger partial charge in [0.05, 0.1) is 5.69 Å². The van der Waals surface area contributed by atoms with E-state index < -0.39 is 5.97 Å². The molecule has 1 aromatic carbocycles. The van der Waals surface area contributed by atoms with Crippen molar-refractivity contribution in [2.45, 2.75) is 6.92 Å². The number of hydrogen-bond acceptors (Lipinski definition) is 2. The van der Waals surface area contributed by atoms with Crippen LogP contribution in [-0.2, 0) is 7.05 Å². The van der Waals surface area contributed by atoms with Crippen molar-refractivity contribution in [1.82, 2.24) is 4.68 Å². The normalized spacial score (nSPS) is 10.4. The zero-order valence-electron chi connectivity index (χ0n) is 9.18. The summed E-state index contributed by atoms with van der Waals surface area (Å²) < 4.78 is 3.39. The number of aryl methyl sites for hydroxylation is 1. The van der Waals surface area contributed by atoms with Crippen molar-refractivity contribution in [3.63, 3.8) is 0 Å². The first-order valence-electron chi connectivity index (χ1n) is 4.96. The van der Waals surface area contributed by atoms with Crippen molar-refractivity contribution >= 4 is 5.97 Å². The summed E-state index contributed by atoms with van der Waals surface area (Å²) in [6, 6.07) is 11.2. The molecular weight excluding hydrogens is 204 g/mol. The first-order chi connectivity index (χ1) is 7.61. The quantitative estimate of drug-likeness (QED) is 0.662. The smallest absolute Gasteiger partial charge is 0.254 e. The Hall–Kier alpha value is -2.10. The van der Waals surface area contributed by atoms with E-state index in [0.29, 0.717) is 0 Å². The molecule has 0 N–H and O–H groups in total. The van der Waals surface area contributed by atoms with E-state index in [1.807, 2.05) is 41.9 Å². The van der Waals surface area contributed by atoms with Crippen molar-refractivity contribution in [2.75, 3.05) is 0 Å². The molecule has 0 amide bonds. The van der Waals surface area contributed by atoms with Gasteiger partial charge in [0.1, 0.15) is 11.7 Å². The molecular formula is C12H12N2O2. The van der Waals surface area contributed by atoms with Crippen LogP contribution < -0.4 is 9.79 Å². The number of hydrogen-bond donors (Lipinski definition) is 0. The molecule has 0 spiro atoms. The Bertz CT molecular complexity index is 529. The highest BCUT2D eigenvalue weighted by Gasteiger charge is 2.18. The van der Waals surface area contributed by atoms with E-state index in [2.05, 4.69) is 0 Å². The van der Waals surface area contributed by atoms with Gasteiger partial charge < -0.3 is 9.90 Å². The molecule has 2 aromatic rings. The second-order valence-corrected chi connectivity index (χ2v) is 3.63. The number of rotatable bonds is 2. The van der Waals surface area contributed by atoms with Gasteiger partial charge in [-0.2, -0.15) is 0 Å². The molecule has 0 aliphatic rings. The molecule has 0 fully saturated rings. The van der Waals surface area contributed by atoms with Crippen LogP contribution in [0.25, 0.3) is 5.69 Å². The third kappa shape index (κ3) is 1.58. The number of nitrogens with zero attached hydrogens (tertiary/aromatic N) is 2. The molecule has 0 bridgehead atoms.